The Morgan fingerprint density at radius 1 is 0.113 bits per heavy atom. The maximum Gasteiger partial charge on any atom is 0.128 e. The van der Waals surface area contributed by atoms with Gasteiger partial charge in [-0.15, -0.1) is 0 Å². The molecule has 0 radical (unpaired) electrons. The SMILES string of the molecule is c1ccc(COc2cc(COc3cc(COc4cccc(P(c5ccccc5)c5ccccc5)c4-c4c(OCc5cc(OCc6cc(OCc7ccccc7)cc(OCc7ccccc7)c6)cc(OCc6cc(OCc7ccccc7)cc(OCc7ccccc7)c6)c5)cccc4P(c4ccccc4)c4ccccc4)cc(OCc4cc(OCc5ccccc5)cc(OCc5ccccc5)c4)c3)cc(OCc3ccccc3)c2)cc1. The van der Waals surface area contributed by atoms with Crippen molar-refractivity contribution in [2.45, 2.75) is 92.5 Å². The maximum atomic E-state index is 7.80. The van der Waals surface area contributed by atoms with Gasteiger partial charge in [-0.1, -0.05) is 388 Å². The average molecular weight is 2010 g/mol. The second-order valence-electron chi connectivity index (χ2n) is 36.1. The van der Waals surface area contributed by atoms with E-state index in [1.807, 2.05) is 255 Å². The summed E-state index contributed by atoms with van der Waals surface area (Å²) < 4.78 is 96.6. The molecule has 0 fully saturated rings. The Balaban J connectivity index is 0.699. The number of rotatable bonds is 49. The molecule has 14 nitrogen and oxygen atoms in total. The molecule has 0 aliphatic rings. The fourth-order valence-electron chi connectivity index (χ4n) is 17.5. The third-order valence-electron chi connectivity index (χ3n) is 24.8. The highest BCUT2D eigenvalue weighted by Gasteiger charge is 2.32. The van der Waals surface area contributed by atoms with E-state index in [-0.39, 0.29) is 39.6 Å². The fraction of sp³-hybridized carbons (Fsp3) is 0.104. The van der Waals surface area contributed by atoms with Crippen molar-refractivity contribution >= 4 is 47.7 Å². The summed E-state index contributed by atoms with van der Waals surface area (Å²) in [5.74, 6) is 8.37. The van der Waals surface area contributed by atoms with Crippen LogP contribution in [0.2, 0.25) is 0 Å². The first-order valence-electron chi connectivity index (χ1n) is 50.2. The molecule has 20 rings (SSSR count). The van der Waals surface area contributed by atoms with Crippen LogP contribution >= 0.6 is 15.8 Å². The van der Waals surface area contributed by atoms with Crippen LogP contribution in [-0.2, 0) is 92.5 Å². The van der Waals surface area contributed by atoms with Crippen molar-refractivity contribution in [2.75, 3.05) is 0 Å². The third kappa shape index (κ3) is 28.6. The van der Waals surface area contributed by atoms with Crippen molar-refractivity contribution in [2.24, 2.45) is 0 Å². The molecule has 0 saturated heterocycles. The number of ether oxygens (including phenoxy) is 14. The minimum Gasteiger partial charge on any atom is -0.489 e. The summed E-state index contributed by atoms with van der Waals surface area (Å²) in [4.78, 5) is 0. The van der Waals surface area contributed by atoms with Crippen LogP contribution in [-0.4, -0.2) is 0 Å². The summed E-state index contributed by atoms with van der Waals surface area (Å²) in [6.07, 6.45) is 0. The molecule has 0 bridgehead atoms. The molecule has 0 N–H and O–H groups in total. The van der Waals surface area contributed by atoms with Gasteiger partial charge in [-0.05, 0) is 210 Å². The zero-order valence-corrected chi connectivity index (χ0v) is 84.8. The Bertz CT molecular complexity index is 6580. The largest absolute Gasteiger partial charge is 0.489 e. The Hall–Kier alpha value is -17.5. The van der Waals surface area contributed by atoms with Gasteiger partial charge in [-0.3, -0.25) is 0 Å². The van der Waals surface area contributed by atoms with Crippen LogP contribution in [0.3, 0.4) is 0 Å². The van der Waals surface area contributed by atoms with Gasteiger partial charge in [0, 0.05) is 47.5 Å². The predicted molar refractivity (Wildman–Crippen MR) is 600 cm³/mol. The molecule has 742 valence electrons. The summed E-state index contributed by atoms with van der Waals surface area (Å²) in [7, 11) is -2.79. The summed E-state index contributed by atoms with van der Waals surface area (Å²) >= 11 is 0. The number of hydrogen-bond acceptors (Lipinski definition) is 14. The molecule has 16 heteroatoms. The van der Waals surface area contributed by atoms with Gasteiger partial charge < -0.3 is 66.3 Å². The van der Waals surface area contributed by atoms with Crippen LogP contribution in [0, 0.1) is 0 Å². The summed E-state index contributed by atoms with van der Waals surface area (Å²) in [6, 6.07) is 173. The standard InChI is InChI=1S/C134H112O14P2/c1-13-39-99(40-14-1)85-135-113-67-107(68-114(79-113)136-86-100-41-15-2-16-42-100)93-143-121-75-111(76-122(83-121)144-94-108-69-115(137-87-101-43-17-3-18-44-101)80-116(70-108)138-88-102-45-19-4-20-46-102)97-147-129-63-37-65-131(149(125-55-29-9-30-56-125)126-57-31-10-32-58-126)133(129)134-130(64-38-66-132(134)150(127-59-33-11-34-60-127)128-61-35-12-36-62-128)148-98-112-77-123(145-95-109-71-117(139-89-103-47-21-5-22-48-103)81-118(72-109)140-90-104-49-23-6-24-50-104)84-124(78-112)146-96-110-73-119(141-91-105-51-25-7-26-52-105)82-120(74-110)142-92-106-53-27-8-28-54-106/h1-84H,85-98H2. The van der Waals surface area contributed by atoms with Crippen LogP contribution in [0.15, 0.2) is 510 Å². The summed E-state index contributed by atoms with van der Waals surface area (Å²) in [5, 5.41) is 6.62. The molecule has 0 aromatic heterocycles. The molecule has 0 saturated carbocycles. The smallest absolute Gasteiger partial charge is 0.128 e. The fourth-order valence-corrected chi connectivity index (χ4v) is 22.5. The van der Waals surface area contributed by atoms with Crippen LogP contribution in [0.1, 0.15) is 77.9 Å². The van der Waals surface area contributed by atoms with Crippen molar-refractivity contribution in [1.29, 1.82) is 0 Å². The molecule has 0 heterocycles. The molecular weight excluding hydrogens is 1900 g/mol. The molecule has 150 heavy (non-hydrogen) atoms. The lowest BCUT2D eigenvalue weighted by Gasteiger charge is -2.29. The van der Waals surface area contributed by atoms with Gasteiger partial charge in [-0.25, -0.2) is 0 Å². The van der Waals surface area contributed by atoms with Gasteiger partial charge in [-0.2, -0.15) is 0 Å². The van der Waals surface area contributed by atoms with Crippen molar-refractivity contribution in [1.82, 2.24) is 0 Å². The Labute approximate surface area is 879 Å². The van der Waals surface area contributed by atoms with E-state index in [1.165, 1.54) is 0 Å². The highest BCUT2D eigenvalue weighted by atomic mass is 31.1. The Morgan fingerprint density at radius 3 is 0.400 bits per heavy atom. The van der Waals surface area contributed by atoms with Gasteiger partial charge in [0.25, 0.3) is 0 Å². The summed E-state index contributed by atoms with van der Waals surface area (Å²) in [6.45, 7) is 3.38. The second kappa shape index (κ2) is 51.5. The lowest BCUT2D eigenvalue weighted by Crippen LogP contribution is -2.26. The average Bonchev–Trinajstić information content (AvgIpc) is 0.743. The second-order valence-corrected chi connectivity index (χ2v) is 40.5. The topological polar surface area (TPSA) is 129 Å². The van der Waals surface area contributed by atoms with Crippen molar-refractivity contribution < 1.29 is 66.3 Å². The van der Waals surface area contributed by atoms with E-state index in [4.69, 9.17) is 66.3 Å². The molecule has 0 atom stereocenters. The zero-order chi connectivity index (χ0) is 101. The van der Waals surface area contributed by atoms with Crippen LogP contribution in [0.4, 0.5) is 0 Å². The van der Waals surface area contributed by atoms with E-state index < -0.39 is 15.8 Å². The first kappa shape index (κ1) is 99.8. The first-order chi connectivity index (χ1) is 74.2. The number of hydrogen-bond donors (Lipinski definition) is 0. The molecular formula is C134H112O14P2. The van der Waals surface area contributed by atoms with Gasteiger partial charge in [0.15, 0.2) is 0 Å². The van der Waals surface area contributed by atoms with E-state index in [0.29, 0.717) is 133 Å². The van der Waals surface area contributed by atoms with Crippen molar-refractivity contribution in [3.8, 4) is 91.6 Å². The van der Waals surface area contributed by atoms with Crippen LogP contribution in [0.5, 0.6) is 80.5 Å². The molecule has 0 aliphatic heterocycles. The maximum absolute atomic E-state index is 7.80. The van der Waals surface area contributed by atoms with Crippen LogP contribution in [0.25, 0.3) is 11.1 Å². The van der Waals surface area contributed by atoms with Crippen molar-refractivity contribution in [3.05, 3.63) is 587 Å². The third-order valence-corrected chi connectivity index (χ3v) is 29.8. The molecule has 0 unspecified atom stereocenters. The van der Waals surface area contributed by atoms with Gasteiger partial charge >= 0.3 is 0 Å². The van der Waals surface area contributed by atoms with Gasteiger partial charge in [0.05, 0.1) is 0 Å². The normalized spacial score (nSPS) is 11.0. The van der Waals surface area contributed by atoms with E-state index in [9.17, 15) is 0 Å². The van der Waals surface area contributed by atoms with E-state index in [2.05, 4.69) is 255 Å². The van der Waals surface area contributed by atoms with Crippen molar-refractivity contribution in [3.63, 3.8) is 0 Å². The summed E-state index contributed by atoms with van der Waals surface area (Å²) in [5.41, 5.74) is 14.7. The minimum absolute atomic E-state index is 0.0410. The molecule has 0 amide bonds. The lowest BCUT2D eigenvalue weighted by molar-refractivity contribution is 0.272. The molecule has 0 aliphatic carbocycles. The Morgan fingerprint density at radius 2 is 0.247 bits per heavy atom. The monoisotopic (exact) mass is 2010 g/mol. The molecule has 20 aromatic rings. The predicted octanol–water partition coefficient (Wildman–Crippen LogP) is 29.0. The molecule has 20 aromatic carbocycles. The lowest BCUT2D eigenvalue weighted by atomic mass is 10.0. The molecule has 0 spiro atoms. The Kier molecular flexibility index (Phi) is 34.3. The first-order valence-corrected chi connectivity index (χ1v) is 52.9. The zero-order valence-electron chi connectivity index (χ0n) is 83.0. The van der Waals surface area contributed by atoms with E-state index >= 15 is 0 Å². The van der Waals surface area contributed by atoms with E-state index in [1.54, 1.807) is 0 Å². The minimum atomic E-state index is -1.40. The highest BCUT2D eigenvalue weighted by Crippen LogP contribution is 2.49. The number of benzene rings is 20. The quantitative estimate of drug-likeness (QED) is 0.0335. The van der Waals surface area contributed by atoms with E-state index in [0.717, 1.165) is 121 Å². The van der Waals surface area contributed by atoms with Gasteiger partial charge in [0.1, 0.15) is 173 Å². The highest BCUT2D eigenvalue weighted by molar-refractivity contribution is 7.80. The van der Waals surface area contributed by atoms with Gasteiger partial charge in [0.2, 0.25) is 0 Å². The van der Waals surface area contributed by atoms with Crippen LogP contribution < -0.4 is 98.1 Å².